The van der Waals surface area contributed by atoms with Crippen molar-refractivity contribution in [3.05, 3.63) is 58.9 Å². The summed E-state index contributed by atoms with van der Waals surface area (Å²) < 4.78 is 52.8. The van der Waals surface area contributed by atoms with Crippen molar-refractivity contribution in [3.8, 4) is 0 Å². The van der Waals surface area contributed by atoms with Gasteiger partial charge in [-0.05, 0) is 90.0 Å². The first kappa shape index (κ1) is 29.9. The number of anilines is 1. The van der Waals surface area contributed by atoms with Crippen molar-refractivity contribution in [2.45, 2.75) is 102 Å². The zero-order chi connectivity index (χ0) is 30.9. The van der Waals surface area contributed by atoms with Gasteiger partial charge in [0.25, 0.3) is 5.91 Å². The summed E-state index contributed by atoms with van der Waals surface area (Å²) in [5.41, 5.74) is 1.03. The van der Waals surface area contributed by atoms with Crippen LogP contribution in [0.25, 0.3) is 6.08 Å². The van der Waals surface area contributed by atoms with Crippen molar-refractivity contribution in [3.63, 3.8) is 0 Å². The smallest absolute Gasteiger partial charge is 0.399 e. The van der Waals surface area contributed by atoms with E-state index in [1.807, 2.05) is 46.8 Å². The molecule has 1 amide bonds. The quantitative estimate of drug-likeness (QED) is 0.456. The maximum Gasteiger partial charge on any atom is 0.494 e. The molecule has 4 heterocycles. The topological polar surface area (TPSA) is 76.1 Å². The van der Waals surface area contributed by atoms with Crippen LogP contribution in [0.4, 0.5) is 18.9 Å². The van der Waals surface area contributed by atoms with Gasteiger partial charge in [0.2, 0.25) is 0 Å². The van der Waals surface area contributed by atoms with Crippen molar-refractivity contribution in [2.24, 2.45) is 4.99 Å². The highest BCUT2D eigenvalue weighted by Gasteiger charge is 2.52. The van der Waals surface area contributed by atoms with E-state index in [2.05, 4.69) is 40.3 Å². The van der Waals surface area contributed by atoms with Gasteiger partial charge in [0, 0.05) is 36.2 Å². The lowest BCUT2D eigenvalue weighted by Gasteiger charge is -2.42. The van der Waals surface area contributed by atoms with Gasteiger partial charge in [-0.15, -0.1) is 0 Å². The second-order valence-electron chi connectivity index (χ2n) is 13.3. The Morgan fingerprint density at radius 3 is 2.40 bits per heavy atom. The Kier molecular flexibility index (Phi) is 7.08. The first-order valence-electron chi connectivity index (χ1n) is 15.0. The fraction of sp³-hybridized carbons (Fsp3) is 0.531. The summed E-state index contributed by atoms with van der Waals surface area (Å²) in [6.45, 7) is 12.8. The van der Waals surface area contributed by atoms with Gasteiger partial charge in [-0.2, -0.15) is 13.2 Å². The number of piperidine rings is 1. The molecule has 2 saturated heterocycles. The number of hydrogen-bond donors (Lipinski definition) is 1. The van der Waals surface area contributed by atoms with Crippen molar-refractivity contribution in [2.75, 3.05) is 11.4 Å². The lowest BCUT2D eigenvalue weighted by atomic mass is 9.77. The Morgan fingerprint density at radius 1 is 1.09 bits per heavy atom. The van der Waals surface area contributed by atoms with Crippen LogP contribution in [0.2, 0.25) is 0 Å². The van der Waals surface area contributed by atoms with Crippen LogP contribution in [0.5, 0.6) is 0 Å². The van der Waals surface area contributed by atoms with E-state index >= 15 is 0 Å². The Morgan fingerprint density at radius 2 is 1.79 bits per heavy atom. The summed E-state index contributed by atoms with van der Waals surface area (Å²) in [4.78, 5) is 24.6. The number of nitrogens with zero attached hydrogens (tertiary/aromatic N) is 3. The molecule has 2 aromatic rings. The molecule has 7 nitrogen and oxygen atoms in total. The van der Waals surface area contributed by atoms with Crippen LogP contribution in [-0.4, -0.2) is 53.2 Å². The molecule has 0 unspecified atom stereocenters. The number of carbonyl (C=O) groups is 1. The number of rotatable bonds is 5. The van der Waals surface area contributed by atoms with E-state index < -0.39 is 35.7 Å². The molecule has 3 aliphatic heterocycles. The molecule has 2 atom stereocenters. The molecule has 1 aliphatic carbocycles. The van der Waals surface area contributed by atoms with Crippen molar-refractivity contribution < 1.29 is 27.3 Å². The fourth-order valence-corrected chi connectivity index (χ4v) is 6.29. The highest BCUT2D eigenvalue weighted by atomic mass is 19.4. The first-order valence-corrected chi connectivity index (χ1v) is 15.0. The average Bonchev–Trinajstić information content (AvgIpc) is 3.69. The minimum Gasteiger partial charge on any atom is -0.399 e. The van der Waals surface area contributed by atoms with Crippen LogP contribution in [-0.2, 0) is 20.3 Å². The number of benzene rings is 1. The number of hydrogen-bond acceptors (Lipinski definition) is 6. The van der Waals surface area contributed by atoms with E-state index in [0.717, 1.165) is 35.6 Å². The van der Waals surface area contributed by atoms with Crippen LogP contribution < -0.4 is 15.7 Å². The maximum atomic E-state index is 13.5. The zero-order valence-corrected chi connectivity index (χ0v) is 25.5. The Balaban J connectivity index is 1.28. The highest BCUT2D eigenvalue weighted by molar-refractivity contribution is 6.62. The van der Waals surface area contributed by atoms with Gasteiger partial charge in [-0.1, -0.05) is 24.3 Å². The molecule has 1 aromatic heterocycles. The number of alkyl halides is 3. The molecule has 228 valence electrons. The normalized spacial score (nSPS) is 26.9. The number of nitrogens with one attached hydrogen (secondary N) is 1. The molecule has 11 heteroatoms. The predicted molar refractivity (Wildman–Crippen MR) is 162 cm³/mol. The van der Waals surface area contributed by atoms with Gasteiger partial charge in [0.05, 0.1) is 16.9 Å². The molecule has 1 aromatic carbocycles. The molecule has 1 saturated carbocycles. The van der Waals surface area contributed by atoms with Crippen LogP contribution in [0, 0.1) is 0 Å². The molecule has 4 aliphatic rings. The van der Waals surface area contributed by atoms with Crippen LogP contribution in [0.15, 0.2) is 41.4 Å². The number of amidine groups is 1. The van der Waals surface area contributed by atoms with E-state index in [1.165, 1.54) is 6.07 Å². The fourth-order valence-electron chi connectivity index (χ4n) is 6.29. The van der Waals surface area contributed by atoms with E-state index in [-0.39, 0.29) is 17.9 Å². The number of carbonyl (C=O) groups excluding carboxylic acids is 1. The minimum absolute atomic E-state index is 0.0458. The number of amides is 1. The van der Waals surface area contributed by atoms with Crippen LogP contribution >= 0.6 is 0 Å². The van der Waals surface area contributed by atoms with Crippen molar-refractivity contribution in [1.82, 2.24) is 10.3 Å². The Bertz CT molecular complexity index is 1500. The summed E-state index contributed by atoms with van der Waals surface area (Å²) in [5, 5.41) is 2.91. The predicted octanol–water partition coefficient (Wildman–Crippen LogP) is 5.61. The van der Waals surface area contributed by atoms with Crippen molar-refractivity contribution >= 4 is 36.1 Å². The lowest BCUT2D eigenvalue weighted by Crippen LogP contribution is -2.53. The van der Waals surface area contributed by atoms with Gasteiger partial charge in [-0.3, -0.25) is 9.79 Å². The number of allylic oxidation sites excluding steroid dienone is 1. The molecular formula is C32H38BF3N4O3. The molecule has 43 heavy (non-hydrogen) atoms. The first-order chi connectivity index (χ1) is 20.1. The third-order valence-corrected chi connectivity index (χ3v) is 9.58. The van der Waals surface area contributed by atoms with E-state index in [1.54, 1.807) is 0 Å². The molecule has 1 spiro atoms. The lowest BCUT2D eigenvalue weighted by molar-refractivity contribution is -0.141. The molecule has 0 bridgehead atoms. The van der Waals surface area contributed by atoms with E-state index in [4.69, 9.17) is 14.3 Å². The standard InChI is InChI=1S/C32H38BF3N4O3/c1-7-8-20-11-12-22(33-42-29(3,4)30(5,6)43-33)17-24(20)40-16-15-31(18-19(40)2)28(41)38-27(39-31)23-13-14-25(32(34,35)36)37-26(23)21-9-10-21/h7-8,11-14,17,19,21H,9-10,15-16,18H2,1-6H3,(H,38,39,41)/b8-7+/t19-,31+/m0/s1. The summed E-state index contributed by atoms with van der Waals surface area (Å²) in [5.74, 6) is 0.0666. The average molecular weight is 594 g/mol. The molecule has 3 fully saturated rings. The van der Waals surface area contributed by atoms with E-state index in [0.29, 0.717) is 36.5 Å². The summed E-state index contributed by atoms with van der Waals surface area (Å²) >= 11 is 0. The second-order valence-corrected chi connectivity index (χ2v) is 13.3. The van der Waals surface area contributed by atoms with Crippen molar-refractivity contribution in [1.29, 1.82) is 0 Å². The third kappa shape index (κ3) is 5.28. The van der Waals surface area contributed by atoms with Gasteiger partial charge < -0.3 is 19.5 Å². The van der Waals surface area contributed by atoms with Crippen LogP contribution in [0.3, 0.4) is 0 Å². The number of pyridine rings is 1. The highest BCUT2D eigenvalue weighted by Crippen LogP contribution is 2.44. The zero-order valence-electron chi connectivity index (χ0n) is 25.5. The molecular weight excluding hydrogens is 556 g/mol. The van der Waals surface area contributed by atoms with Crippen LogP contribution in [0.1, 0.15) is 95.7 Å². The summed E-state index contributed by atoms with van der Waals surface area (Å²) in [6.07, 6.45) is 2.02. The Hall–Kier alpha value is -3.18. The second kappa shape index (κ2) is 10.2. The van der Waals surface area contributed by atoms with Gasteiger partial charge >= 0.3 is 13.3 Å². The number of aliphatic imine (C=N–C) groups is 1. The number of aromatic nitrogens is 1. The monoisotopic (exact) mass is 594 g/mol. The SMILES string of the molecule is C/C=C/c1ccc(B2OC(C)(C)C(C)(C)O2)cc1N1CC[C@]2(C[C@@H]1C)N=C(c1ccc(C(F)(F)F)nc1C1CC1)NC2=O. The molecule has 6 rings (SSSR count). The summed E-state index contributed by atoms with van der Waals surface area (Å²) in [6, 6.07) is 8.56. The molecule has 1 N–H and O–H groups in total. The summed E-state index contributed by atoms with van der Waals surface area (Å²) in [7, 11) is -0.499. The van der Waals surface area contributed by atoms with Gasteiger partial charge in [-0.25, -0.2) is 4.98 Å². The minimum atomic E-state index is -4.53. The van der Waals surface area contributed by atoms with E-state index in [9.17, 15) is 18.0 Å². The number of halogens is 3. The third-order valence-electron chi connectivity index (χ3n) is 9.58. The van der Waals surface area contributed by atoms with Gasteiger partial charge in [0.15, 0.2) is 0 Å². The van der Waals surface area contributed by atoms with Gasteiger partial charge in [0.1, 0.15) is 17.1 Å². The maximum absolute atomic E-state index is 13.5. The Labute approximate surface area is 251 Å². The largest absolute Gasteiger partial charge is 0.494 e. The molecule has 0 radical (unpaired) electrons.